The van der Waals surface area contributed by atoms with Crippen LogP contribution in [0.5, 0.6) is 0 Å². The van der Waals surface area contributed by atoms with Gasteiger partial charge >= 0.3 is 5.97 Å². The number of carbonyl (C=O) groups excluding carboxylic acids is 2. The van der Waals surface area contributed by atoms with E-state index in [1.54, 1.807) is 29.7 Å². The zero-order valence-corrected chi connectivity index (χ0v) is 16.3. The van der Waals surface area contributed by atoms with Crippen LogP contribution in [0.2, 0.25) is 0 Å². The zero-order valence-electron chi connectivity index (χ0n) is 14.7. The van der Waals surface area contributed by atoms with Crippen LogP contribution in [-0.2, 0) is 9.53 Å². The van der Waals surface area contributed by atoms with Gasteiger partial charge in [0.05, 0.1) is 0 Å². The van der Waals surface area contributed by atoms with Crippen LogP contribution >= 0.6 is 22.7 Å². The van der Waals surface area contributed by atoms with E-state index in [0.29, 0.717) is 5.56 Å². The Kier molecular flexibility index (Phi) is 5.49. The van der Waals surface area contributed by atoms with Crippen molar-refractivity contribution in [2.24, 2.45) is 0 Å². The van der Waals surface area contributed by atoms with Crippen LogP contribution < -0.4 is 0 Å². The van der Waals surface area contributed by atoms with Gasteiger partial charge in [0.2, 0.25) is 5.78 Å². The standard InChI is InChI=1S/C19H18N2O3S2/c1-12-6-8-25-17(12)4-5-18(23)24-11-16(22)15-10-13(2)21(14(15)3)19-20-7-9-26-19/h4-10H,11H2,1-3H3/b5-4+. The lowest BCUT2D eigenvalue weighted by Gasteiger charge is -2.05. The molecule has 5 nitrogen and oxygen atoms in total. The maximum Gasteiger partial charge on any atom is 0.331 e. The molecule has 0 fully saturated rings. The molecule has 0 bridgehead atoms. The highest BCUT2D eigenvalue weighted by Gasteiger charge is 2.18. The first-order chi connectivity index (χ1) is 12.5. The summed E-state index contributed by atoms with van der Waals surface area (Å²) in [7, 11) is 0. The van der Waals surface area contributed by atoms with Crippen molar-refractivity contribution in [2.45, 2.75) is 20.8 Å². The van der Waals surface area contributed by atoms with E-state index < -0.39 is 5.97 Å². The predicted molar refractivity (Wildman–Crippen MR) is 104 cm³/mol. The summed E-state index contributed by atoms with van der Waals surface area (Å²) in [5.41, 5.74) is 3.36. The number of thiazole rings is 1. The van der Waals surface area contributed by atoms with Gasteiger partial charge in [0.1, 0.15) is 0 Å². The molecule has 0 saturated carbocycles. The van der Waals surface area contributed by atoms with E-state index in [2.05, 4.69) is 4.98 Å². The minimum atomic E-state index is -0.528. The Morgan fingerprint density at radius 1 is 1.23 bits per heavy atom. The Morgan fingerprint density at radius 2 is 2.04 bits per heavy atom. The lowest BCUT2D eigenvalue weighted by Crippen LogP contribution is -2.13. The SMILES string of the molecule is Cc1ccsc1/C=C/C(=O)OCC(=O)c1cc(C)n(-c2nccs2)c1C. The Morgan fingerprint density at radius 3 is 2.69 bits per heavy atom. The van der Waals surface area contributed by atoms with Gasteiger partial charge in [0.15, 0.2) is 11.7 Å². The quantitative estimate of drug-likeness (QED) is 0.359. The maximum atomic E-state index is 12.5. The van der Waals surface area contributed by atoms with Gasteiger partial charge in [-0.3, -0.25) is 9.36 Å². The van der Waals surface area contributed by atoms with Crippen molar-refractivity contribution in [3.05, 3.63) is 62.6 Å². The molecule has 3 aromatic rings. The normalized spacial score (nSPS) is 11.2. The number of ether oxygens (including phenoxy) is 1. The smallest absolute Gasteiger partial charge is 0.331 e. The number of hydrogen-bond donors (Lipinski definition) is 0. The average molecular weight is 386 g/mol. The first-order valence-corrected chi connectivity index (χ1v) is 9.74. The summed E-state index contributed by atoms with van der Waals surface area (Å²) in [6.07, 6.45) is 4.79. The number of aryl methyl sites for hydroxylation is 2. The van der Waals surface area contributed by atoms with Crippen LogP contribution in [0.15, 0.2) is 35.2 Å². The number of carbonyl (C=O) groups is 2. The van der Waals surface area contributed by atoms with Crippen molar-refractivity contribution >= 4 is 40.5 Å². The molecule has 7 heteroatoms. The molecule has 0 N–H and O–H groups in total. The van der Waals surface area contributed by atoms with Crippen LogP contribution in [0, 0.1) is 20.8 Å². The van der Waals surface area contributed by atoms with Gasteiger partial charge in [-0.2, -0.15) is 0 Å². The molecule has 134 valence electrons. The number of thiophene rings is 1. The highest BCUT2D eigenvalue weighted by atomic mass is 32.1. The predicted octanol–water partition coefficient (Wildman–Crippen LogP) is 4.36. The Labute approximate surface area is 159 Å². The second-order valence-electron chi connectivity index (χ2n) is 5.77. The average Bonchev–Trinajstić information content (AvgIpc) is 3.32. The number of ketones is 1. The third-order valence-corrected chi connectivity index (χ3v) is 5.70. The number of rotatable bonds is 6. The molecule has 3 heterocycles. The maximum absolute atomic E-state index is 12.5. The fourth-order valence-corrected chi connectivity index (χ4v) is 4.20. The van der Waals surface area contributed by atoms with Gasteiger partial charge in [-0.1, -0.05) is 0 Å². The van der Waals surface area contributed by atoms with Crippen molar-refractivity contribution in [2.75, 3.05) is 6.61 Å². The fourth-order valence-electron chi connectivity index (χ4n) is 2.63. The molecule has 0 aliphatic rings. The molecule has 0 spiro atoms. The summed E-state index contributed by atoms with van der Waals surface area (Å²) < 4.78 is 7.03. The van der Waals surface area contributed by atoms with Gasteiger partial charge in [-0.05, 0) is 49.9 Å². The van der Waals surface area contributed by atoms with Crippen LogP contribution in [0.1, 0.15) is 32.2 Å². The number of nitrogens with zero attached hydrogens (tertiary/aromatic N) is 2. The molecular weight excluding hydrogens is 368 g/mol. The van der Waals surface area contributed by atoms with Crippen LogP contribution in [0.4, 0.5) is 0 Å². The Hall–Kier alpha value is -2.51. The van der Waals surface area contributed by atoms with E-state index in [1.165, 1.54) is 17.4 Å². The number of hydrogen-bond acceptors (Lipinski definition) is 6. The minimum absolute atomic E-state index is 0.227. The van der Waals surface area contributed by atoms with Gasteiger partial charge in [-0.15, -0.1) is 22.7 Å². The monoisotopic (exact) mass is 386 g/mol. The first-order valence-electron chi connectivity index (χ1n) is 7.98. The Balaban J connectivity index is 1.66. The van der Waals surface area contributed by atoms with Gasteiger partial charge < -0.3 is 4.74 Å². The molecule has 0 saturated heterocycles. The Bertz CT molecular complexity index is 965. The molecular formula is C19H18N2O3S2. The topological polar surface area (TPSA) is 61.2 Å². The van der Waals surface area contributed by atoms with E-state index in [0.717, 1.165) is 27.0 Å². The third kappa shape index (κ3) is 3.84. The molecule has 3 rings (SSSR count). The summed E-state index contributed by atoms with van der Waals surface area (Å²) in [6.45, 7) is 5.48. The van der Waals surface area contributed by atoms with Crippen LogP contribution in [-0.4, -0.2) is 27.9 Å². The molecule has 0 unspecified atom stereocenters. The molecule has 0 aromatic carbocycles. The summed E-state index contributed by atoms with van der Waals surface area (Å²) in [4.78, 5) is 29.6. The van der Waals surface area contributed by atoms with E-state index in [-0.39, 0.29) is 12.4 Å². The van der Waals surface area contributed by atoms with E-state index in [4.69, 9.17) is 4.74 Å². The molecule has 0 amide bonds. The van der Waals surface area contributed by atoms with Crippen molar-refractivity contribution in [3.63, 3.8) is 0 Å². The summed E-state index contributed by atoms with van der Waals surface area (Å²) >= 11 is 3.05. The van der Waals surface area contributed by atoms with Gasteiger partial charge in [-0.25, -0.2) is 9.78 Å². The lowest BCUT2D eigenvalue weighted by molar-refractivity contribution is -0.136. The molecule has 3 aromatic heterocycles. The van der Waals surface area contributed by atoms with E-state index >= 15 is 0 Å². The highest BCUT2D eigenvalue weighted by Crippen LogP contribution is 2.22. The van der Waals surface area contributed by atoms with Crippen molar-refractivity contribution < 1.29 is 14.3 Å². The molecule has 26 heavy (non-hydrogen) atoms. The van der Waals surface area contributed by atoms with Gasteiger partial charge in [0.25, 0.3) is 0 Å². The largest absolute Gasteiger partial charge is 0.454 e. The molecule has 0 aliphatic carbocycles. The second kappa shape index (κ2) is 7.80. The third-order valence-electron chi connectivity index (χ3n) is 3.96. The molecule has 0 radical (unpaired) electrons. The van der Waals surface area contributed by atoms with E-state index in [9.17, 15) is 9.59 Å². The second-order valence-corrected chi connectivity index (χ2v) is 7.59. The lowest BCUT2D eigenvalue weighted by atomic mass is 10.1. The minimum Gasteiger partial charge on any atom is -0.454 e. The van der Waals surface area contributed by atoms with Crippen molar-refractivity contribution in [1.29, 1.82) is 0 Å². The van der Waals surface area contributed by atoms with Gasteiger partial charge in [0, 0.05) is 39.5 Å². The summed E-state index contributed by atoms with van der Waals surface area (Å²) in [5.74, 6) is -0.755. The summed E-state index contributed by atoms with van der Waals surface area (Å²) in [5, 5.41) is 4.66. The van der Waals surface area contributed by atoms with Crippen LogP contribution in [0.25, 0.3) is 11.2 Å². The summed E-state index contributed by atoms with van der Waals surface area (Å²) in [6, 6.07) is 3.79. The number of esters is 1. The number of Topliss-reactive ketones (excluding diaryl/α,β-unsaturated/α-hetero) is 1. The van der Waals surface area contributed by atoms with Crippen LogP contribution in [0.3, 0.4) is 0 Å². The fraction of sp³-hybridized carbons (Fsp3) is 0.211. The van der Waals surface area contributed by atoms with Crippen molar-refractivity contribution in [3.8, 4) is 5.13 Å². The zero-order chi connectivity index (χ0) is 18.7. The first kappa shape index (κ1) is 18.3. The molecule has 0 aliphatic heterocycles. The highest BCUT2D eigenvalue weighted by molar-refractivity contribution is 7.12. The number of aromatic nitrogens is 2. The van der Waals surface area contributed by atoms with Crippen molar-refractivity contribution in [1.82, 2.24) is 9.55 Å². The van der Waals surface area contributed by atoms with E-state index in [1.807, 2.05) is 42.2 Å². The molecule has 0 atom stereocenters.